The van der Waals surface area contributed by atoms with Crippen LogP contribution in [0.5, 0.6) is 0 Å². The van der Waals surface area contributed by atoms with Crippen LogP contribution in [0.25, 0.3) is 0 Å². The maximum Gasteiger partial charge on any atom is 0.197 e. The first-order valence-electron chi connectivity index (χ1n) is 8.06. The number of nitrogens with one attached hydrogen (secondary N) is 1. The van der Waals surface area contributed by atoms with E-state index >= 15 is 0 Å². The molecule has 0 saturated carbocycles. The Balaban J connectivity index is 1.90. The molecular formula is C17H24N4O. The number of nitrogens with two attached hydrogens (primary N) is 1. The lowest BCUT2D eigenvalue weighted by Crippen LogP contribution is -2.43. The molecular weight excluding hydrogens is 276 g/mol. The van der Waals surface area contributed by atoms with Crippen LogP contribution in [0.1, 0.15) is 31.9 Å². The van der Waals surface area contributed by atoms with Crippen molar-refractivity contribution in [3.63, 3.8) is 0 Å². The van der Waals surface area contributed by atoms with Gasteiger partial charge in [0.1, 0.15) is 0 Å². The highest BCUT2D eigenvalue weighted by Gasteiger charge is 2.20. The number of hydrogen-bond acceptors (Lipinski definition) is 5. The highest BCUT2D eigenvalue weighted by atomic mass is 16.3. The largest absolute Gasteiger partial charge is 0.449 e. The van der Waals surface area contributed by atoms with Gasteiger partial charge in [-0.2, -0.15) is 0 Å². The lowest BCUT2D eigenvalue weighted by Gasteiger charge is -2.34. The zero-order valence-electron chi connectivity index (χ0n) is 13.1. The highest BCUT2D eigenvalue weighted by Crippen LogP contribution is 2.31. The van der Waals surface area contributed by atoms with Crippen molar-refractivity contribution in [3.8, 4) is 0 Å². The number of furan rings is 1. The van der Waals surface area contributed by atoms with Crippen LogP contribution < -0.4 is 16.0 Å². The number of aromatic nitrogens is 1. The average Bonchev–Trinajstić information content (AvgIpc) is 3.02. The van der Waals surface area contributed by atoms with Crippen molar-refractivity contribution in [3.05, 3.63) is 36.4 Å². The van der Waals surface area contributed by atoms with E-state index in [2.05, 4.69) is 28.2 Å². The number of nitrogens with zero attached hydrogens (tertiary/aromatic N) is 2. The van der Waals surface area contributed by atoms with Gasteiger partial charge in [0, 0.05) is 30.9 Å². The molecule has 118 valence electrons. The molecule has 0 spiro atoms. The second-order valence-corrected chi connectivity index (χ2v) is 5.89. The molecule has 0 bridgehead atoms. The van der Waals surface area contributed by atoms with Crippen molar-refractivity contribution in [1.29, 1.82) is 0 Å². The van der Waals surface area contributed by atoms with Crippen molar-refractivity contribution in [2.75, 3.05) is 23.3 Å². The lowest BCUT2D eigenvalue weighted by molar-refractivity contribution is 0.506. The Morgan fingerprint density at radius 2 is 2.41 bits per heavy atom. The van der Waals surface area contributed by atoms with E-state index < -0.39 is 0 Å². The van der Waals surface area contributed by atoms with Crippen molar-refractivity contribution in [2.45, 2.75) is 38.6 Å². The Morgan fingerprint density at radius 1 is 1.50 bits per heavy atom. The van der Waals surface area contributed by atoms with Crippen molar-refractivity contribution >= 4 is 17.3 Å². The predicted octanol–water partition coefficient (Wildman–Crippen LogP) is 3.30. The lowest BCUT2D eigenvalue weighted by atomic mass is 10.1. The van der Waals surface area contributed by atoms with E-state index in [1.54, 1.807) is 6.26 Å². The summed E-state index contributed by atoms with van der Waals surface area (Å²) in [6.45, 7) is 4.10. The fourth-order valence-electron chi connectivity index (χ4n) is 2.95. The zero-order valence-corrected chi connectivity index (χ0v) is 13.1. The molecule has 0 radical (unpaired) electrons. The Labute approximate surface area is 131 Å². The molecule has 0 amide bonds. The molecule has 5 nitrogen and oxygen atoms in total. The Morgan fingerprint density at radius 3 is 3.14 bits per heavy atom. The molecule has 1 fully saturated rings. The number of anilines is 3. The molecule has 3 rings (SSSR count). The third-order valence-electron chi connectivity index (χ3n) is 4.02. The molecule has 5 heteroatoms. The first-order valence-corrected chi connectivity index (χ1v) is 8.06. The van der Waals surface area contributed by atoms with Gasteiger partial charge in [0.05, 0.1) is 23.8 Å². The number of hydrogen-bond donors (Lipinski definition) is 2. The monoisotopic (exact) mass is 300 g/mol. The van der Waals surface area contributed by atoms with Gasteiger partial charge in [-0.15, -0.1) is 0 Å². The zero-order chi connectivity index (χ0) is 15.4. The summed E-state index contributed by atoms with van der Waals surface area (Å²) in [5.74, 6) is 0.729. The van der Waals surface area contributed by atoms with Crippen LogP contribution in [0.2, 0.25) is 0 Å². The third-order valence-corrected chi connectivity index (χ3v) is 4.02. The maximum absolute atomic E-state index is 6.15. The third kappa shape index (κ3) is 3.42. The van der Waals surface area contributed by atoms with E-state index in [4.69, 9.17) is 10.2 Å². The summed E-state index contributed by atoms with van der Waals surface area (Å²) in [7, 11) is 0. The van der Waals surface area contributed by atoms with Gasteiger partial charge in [-0.05, 0) is 31.4 Å². The molecule has 0 aromatic carbocycles. The van der Waals surface area contributed by atoms with Crippen LogP contribution in [0.4, 0.5) is 17.3 Å². The highest BCUT2D eigenvalue weighted by molar-refractivity contribution is 5.73. The van der Waals surface area contributed by atoms with Gasteiger partial charge in [-0.1, -0.05) is 13.3 Å². The molecule has 2 aromatic heterocycles. The molecule has 1 saturated heterocycles. The Kier molecular flexibility index (Phi) is 4.63. The summed E-state index contributed by atoms with van der Waals surface area (Å²) in [5.41, 5.74) is 9.42. The van der Waals surface area contributed by atoms with Gasteiger partial charge in [0.2, 0.25) is 0 Å². The normalized spacial score (nSPS) is 18.5. The number of piperidine rings is 1. The van der Waals surface area contributed by atoms with Crippen LogP contribution in [-0.2, 0) is 6.42 Å². The molecule has 0 unspecified atom stereocenters. The van der Waals surface area contributed by atoms with E-state index in [1.165, 1.54) is 5.69 Å². The molecule has 0 aliphatic carbocycles. The molecule has 1 aliphatic rings. The fraction of sp³-hybridized carbons (Fsp3) is 0.471. The van der Waals surface area contributed by atoms with Crippen molar-refractivity contribution in [1.82, 2.24) is 4.98 Å². The molecule has 3 heterocycles. The summed E-state index contributed by atoms with van der Waals surface area (Å²) in [4.78, 5) is 6.92. The van der Waals surface area contributed by atoms with E-state index in [1.807, 2.05) is 18.3 Å². The minimum absolute atomic E-state index is 0.244. The first-order chi connectivity index (χ1) is 10.8. The van der Waals surface area contributed by atoms with Gasteiger partial charge in [-0.25, -0.2) is 0 Å². The first kappa shape index (κ1) is 14.9. The Hall–Kier alpha value is -2.01. The fourth-order valence-corrected chi connectivity index (χ4v) is 2.95. The SMILES string of the molecule is CCCc1cc(N2CCC[C@@H](N)C2)c(Nc2ccco2)cn1. The molecule has 3 N–H and O–H groups in total. The van der Waals surface area contributed by atoms with E-state index in [9.17, 15) is 0 Å². The van der Waals surface area contributed by atoms with E-state index in [-0.39, 0.29) is 6.04 Å². The van der Waals surface area contributed by atoms with Gasteiger partial charge in [-0.3, -0.25) is 4.98 Å². The standard InChI is InChI=1S/C17H24N4O/c1-2-5-14-10-16(21-8-3-6-13(18)12-21)15(11-19-14)20-17-7-4-9-22-17/h4,7,9-11,13,20H,2-3,5-6,8,12,18H2,1H3/t13-/m1/s1. The number of aryl methyl sites for hydroxylation is 1. The van der Waals surface area contributed by atoms with Crippen LogP contribution >= 0.6 is 0 Å². The van der Waals surface area contributed by atoms with Crippen LogP contribution in [0, 0.1) is 0 Å². The van der Waals surface area contributed by atoms with Crippen molar-refractivity contribution < 1.29 is 4.42 Å². The summed E-state index contributed by atoms with van der Waals surface area (Å²) in [6.07, 6.45) is 7.89. The van der Waals surface area contributed by atoms with Crippen molar-refractivity contribution in [2.24, 2.45) is 5.73 Å². The summed E-state index contributed by atoms with van der Waals surface area (Å²) in [6, 6.07) is 6.21. The summed E-state index contributed by atoms with van der Waals surface area (Å²) < 4.78 is 5.40. The summed E-state index contributed by atoms with van der Waals surface area (Å²) >= 11 is 0. The van der Waals surface area contributed by atoms with E-state index in [0.717, 1.165) is 56.0 Å². The predicted molar refractivity (Wildman–Crippen MR) is 89.6 cm³/mol. The number of rotatable bonds is 5. The topological polar surface area (TPSA) is 67.3 Å². The van der Waals surface area contributed by atoms with Gasteiger partial charge < -0.3 is 20.4 Å². The van der Waals surface area contributed by atoms with Gasteiger partial charge >= 0.3 is 0 Å². The minimum atomic E-state index is 0.244. The van der Waals surface area contributed by atoms with E-state index in [0.29, 0.717) is 0 Å². The molecule has 1 aliphatic heterocycles. The van der Waals surface area contributed by atoms with Crippen LogP contribution in [-0.4, -0.2) is 24.1 Å². The molecule has 2 aromatic rings. The number of pyridine rings is 1. The smallest absolute Gasteiger partial charge is 0.197 e. The summed E-state index contributed by atoms with van der Waals surface area (Å²) in [5, 5.41) is 3.32. The second kappa shape index (κ2) is 6.83. The molecule has 22 heavy (non-hydrogen) atoms. The second-order valence-electron chi connectivity index (χ2n) is 5.89. The van der Waals surface area contributed by atoms with Crippen LogP contribution in [0.15, 0.2) is 35.1 Å². The molecule has 1 atom stereocenters. The Bertz CT molecular complexity index is 597. The maximum atomic E-state index is 6.15. The van der Waals surface area contributed by atoms with Gasteiger partial charge in [0.15, 0.2) is 5.88 Å². The quantitative estimate of drug-likeness (QED) is 0.887. The van der Waals surface area contributed by atoms with Crippen LogP contribution in [0.3, 0.4) is 0 Å². The minimum Gasteiger partial charge on any atom is -0.449 e. The average molecular weight is 300 g/mol. The van der Waals surface area contributed by atoms with Gasteiger partial charge in [0.25, 0.3) is 0 Å².